The summed E-state index contributed by atoms with van der Waals surface area (Å²) in [6, 6.07) is 6.64. The van der Waals surface area contributed by atoms with Gasteiger partial charge in [-0.3, -0.25) is 10.1 Å². The summed E-state index contributed by atoms with van der Waals surface area (Å²) in [5.74, 6) is 0.118. The second-order valence-electron chi connectivity index (χ2n) is 5.15. The molecule has 0 unspecified atom stereocenters. The SMILES string of the molecule is COc1cc2c(cc1OC)C(=Cc1cc(O)ccc1[N+](=O)[O-])OC2=O. The van der Waals surface area contributed by atoms with Gasteiger partial charge in [-0.2, -0.15) is 0 Å². The van der Waals surface area contributed by atoms with Crippen molar-refractivity contribution >= 4 is 23.5 Å². The van der Waals surface area contributed by atoms with Crippen LogP contribution in [-0.2, 0) is 4.74 Å². The first kappa shape index (κ1) is 16.3. The standard InChI is InChI=1S/C17H13NO7/c1-23-15-7-11-12(8-16(15)24-2)17(20)25-14(11)6-9-5-10(19)3-4-13(9)18(21)22/h3-8,19H,1-2H3. The fourth-order valence-electron chi connectivity index (χ4n) is 2.53. The molecule has 8 heteroatoms. The molecule has 1 heterocycles. The number of carbonyl (C=O) groups is 1. The number of fused-ring (bicyclic) bond motifs is 1. The molecule has 0 bridgehead atoms. The number of carbonyl (C=O) groups excluding carboxylic acids is 1. The molecule has 128 valence electrons. The first-order valence-electron chi connectivity index (χ1n) is 7.12. The van der Waals surface area contributed by atoms with Crippen molar-refractivity contribution in [3.63, 3.8) is 0 Å². The Labute approximate surface area is 142 Å². The Kier molecular flexibility index (Phi) is 4.02. The lowest BCUT2D eigenvalue weighted by molar-refractivity contribution is -0.385. The second kappa shape index (κ2) is 6.16. The minimum Gasteiger partial charge on any atom is -0.508 e. The van der Waals surface area contributed by atoms with Gasteiger partial charge in [-0.25, -0.2) is 4.79 Å². The van der Waals surface area contributed by atoms with Crippen LogP contribution in [0.3, 0.4) is 0 Å². The first-order chi connectivity index (χ1) is 11.9. The fraction of sp³-hybridized carbons (Fsp3) is 0.118. The summed E-state index contributed by atoms with van der Waals surface area (Å²) >= 11 is 0. The number of methoxy groups -OCH3 is 2. The molecule has 0 aliphatic carbocycles. The molecule has 2 aromatic rings. The molecule has 2 aromatic carbocycles. The molecule has 0 amide bonds. The lowest BCUT2D eigenvalue weighted by Gasteiger charge is -2.08. The number of hydrogen-bond acceptors (Lipinski definition) is 7. The Morgan fingerprint density at radius 3 is 2.36 bits per heavy atom. The lowest BCUT2D eigenvalue weighted by Crippen LogP contribution is -1.96. The molecular formula is C17H13NO7. The average Bonchev–Trinajstić information content (AvgIpc) is 2.88. The zero-order valence-electron chi connectivity index (χ0n) is 13.3. The quantitative estimate of drug-likeness (QED) is 0.516. The molecule has 0 atom stereocenters. The number of aromatic hydroxyl groups is 1. The molecule has 0 aromatic heterocycles. The smallest absolute Gasteiger partial charge is 0.344 e. The number of rotatable bonds is 4. The maximum Gasteiger partial charge on any atom is 0.344 e. The van der Waals surface area contributed by atoms with E-state index in [-0.39, 0.29) is 28.3 Å². The Balaban J connectivity index is 2.17. The number of ether oxygens (including phenoxy) is 3. The van der Waals surface area contributed by atoms with Crippen LogP contribution in [0.2, 0.25) is 0 Å². The molecule has 3 rings (SSSR count). The maximum atomic E-state index is 12.1. The third-order valence-electron chi connectivity index (χ3n) is 3.71. The van der Waals surface area contributed by atoms with Gasteiger partial charge in [-0.15, -0.1) is 0 Å². The third-order valence-corrected chi connectivity index (χ3v) is 3.71. The van der Waals surface area contributed by atoms with Crippen molar-refractivity contribution in [3.05, 3.63) is 57.1 Å². The van der Waals surface area contributed by atoms with Crippen LogP contribution in [0.25, 0.3) is 11.8 Å². The van der Waals surface area contributed by atoms with Gasteiger partial charge in [-0.05, 0) is 30.3 Å². The minimum absolute atomic E-state index is 0.107. The number of hydrogen-bond donors (Lipinski definition) is 1. The number of phenols is 1. The largest absolute Gasteiger partial charge is 0.508 e. The molecular weight excluding hydrogens is 330 g/mol. The predicted octanol–water partition coefficient (Wildman–Crippen LogP) is 2.99. The van der Waals surface area contributed by atoms with Crippen LogP contribution in [0.5, 0.6) is 17.2 Å². The number of cyclic esters (lactones) is 1. The van der Waals surface area contributed by atoms with Crippen LogP contribution in [0, 0.1) is 10.1 Å². The summed E-state index contributed by atoms with van der Waals surface area (Å²) in [6.45, 7) is 0. The van der Waals surface area contributed by atoms with Crippen molar-refractivity contribution in [2.45, 2.75) is 0 Å². The van der Waals surface area contributed by atoms with Crippen LogP contribution in [-0.4, -0.2) is 30.2 Å². The van der Waals surface area contributed by atoms with Crippen molar-refractivity contribution < 1.29 is 29.0 Å². The van der Waals surface area contributed by atoms with Gasteiger partial charge in [0, 0.05) is 11.6 Å². The van der Waals surface area contributed by atoms with E-state index in [1.807, 2.05) is 0 Å². The van der Waals surface area contributed by atoms with Gasteiger partial charge in [0.05, 0.1) is 30.3 Å². The number of benzene rings is 2. The van der Waals surface area contributed by atoms with Crippen LogP contribution in [0.15, 0.2) is 30.3 Å². The van der Waals surface area contributed by atoms with Gasteiger partial charge in [0.2, 0.25) is 0 Å². The van der Waals surface area contributed by atoms with Crippen LogP contribution < -0.4 is 9.47 Å². The van der Waals surface area contributed by atoms with E-state index in [1.54, 1.807) is 6.07 Å². The molecule has 1 aliphatic heterocycles. The van der Waals surface area contributed by atoms with E-state index < -0.39 is 10.9 Å². The molecule has 8 nitrogen and oxygen atoms in total. The minimum atomic E-state index is -0.606. The van der Waals surface area contributed by atoms with Crippen LogP contribution in [0.1, 0.15) is 21.5 Å². The summed E-state index contributed by atoms with van der Waals surface area (Å²) in [4.78, 5) is 22.6. The number of nitro groups is 1. The number of nitro benzene ring substituents is 1. The van der Waals surface area contributed by atoms with E-state index in [2.05, 4.69) is 0 Å². The Hall–Kier alpha value is -3.55. The molecule has 1 aliphatic rings. The van der Waals surface area contributed by atoms with Crippen LogP contribution in [0.4, 0.5) is 5.69 Å². The third kappa shape index (κ3) is 2.85. The van der Waals surface area contributed by atoms with Crippen molar-refractivity contribution in [3.8, 4) is 17.2 Å². The van der Waals surface area contributed by atoms with Crippen molar-refractivity contribution in [1.29, 1.82) is 0 Å². The fourth-order valence-corrected chi connectivity index (χ4v) is 2.53. The molecule has 0 radical (unpaired) electrons. The lowest BCUT2D eigenvalue weighted by atomic mass is 10.0. The highest BCUT2D eigenvalue weighted by molar-refractivity contribution is 6.06. The Morgan fingerprint density at radius 1 is 1.12 bits per heavy atom. The molecule has 25 heavy (non-hydrogen) atoms. The van der Waals surface area contributed by atoms with Gasteiger partial charge >= 0.3 is 5.97 Å². The highest BCUT2D eigenvalue weighted by Crippen LogP contribution is 2.40. The van der Waals surface area contributed by atoms with Gasteiger partial charge in [0.15, 0.2) is 11.5 Å². The predicted molar refractivity (Wildman–Crippen MR) is 87.6 cm³/mol. The summed E-state index contributed by atoms with van der Waals surface area (Å²) in [5.41, 5.74) is 0.553. The monoisotopic (exact) mass is 343 g/mol. The van der Waals surface area contributed by atoms with E-state index in [0.717, 1.165) is 0 Å². The maximum absolute atomic E-state index is 12.1. The topological polar surface area (TPSA) is 108 Å². The normalized spacial score (nSPS) is 14.2. The average molecular weight is 343 g/mol. The Morgan fingerprint density at radius 2 is 1.76 bits per heavy atom. The van der Waals surface area contributed by atoms with Gasteiger partial charge < -0.3 is 19.3 Å². The van der Waals surface area contributed by atoms with Gasteiger partial charge in [0.25, 0.3) is 5.69 Å². The van der Waals surface area contributed by atoms with E-state index in [4.69, 9.17) is 14.2 Å². The molecule has 0 saturated carbocycles. The van der Waals surface area contributed by atoms with Crippen molar-refractivity contribution in [2.75, 3.05) is 14.2 Å². The van der Waals surface area contributed by atoms with E-state index in [0.29, 0.717) is 17.1 Å². The van der Waals surface area contributed by atoms with Gasteiger partial charge in [-0.1, -0.05) is 0 Å². The van der Waals surface area contributed by atoms with Crippen LogP contribution >= 0.6 is 0 Å². The summed E-state index contributed by atoms with van der Waals surface area (Å²) in [5, 5.41) is 20.7. The van der Waals surface area contributed by atoms with E-state index in [9.17, 15) is 20.0 Å². The molecule has 0 saturated heterocycles. The number of phenolic OH excluding ortho intramolecular Hbond substituents is 1. The van der Waals surface area contributed by atoms with E-state index >= 15 is 0 Å². The highest BCUT2D eigenvalue weighted by Gasteiger charge is 2.29. The zero-order valence-corrected chi connectivity index (χ0v) is 13.3. The summed E-state index contributed by atoms with van der Waals surface area (Å²) in [6.07, 6.45) is 1.33. The number of esters is 1. The molecule has 0 spiro atoms. The highest BCUT2D eigenvalue weighted by atomic mass is 16.6. The van der Waals surface area contributed by atoms with Crippen molar-refractivity contribution in [1.82, 2.24) is 0 Å². The van der Waals surface area contributed by atoms with E-state index in [1.165, 1.54) is 44.6 Å². The second-order valence-corrected chi connectivity index (χ2v) is 5.15. The summed E-state index contributed by atoms with van der Waals surface area (Å²) in [7, 11) is 2.89. The number of nitrogens with zero attached hydrogens (tertiary/aromatic N) is 1. The zero-order chi connectivity index (χ0) is 18.1. The molecule has 1 N–H and O–H groups in total. The first-order valence-corrected chi connectivity index (χ1v) is 7.12. The van der Waals surface area contributed by atoms with Gasteiger partial charge in [0.1, 0.15) is 11.5 Å². The Bertz CT molecular complexity index is 917. The summed E-state index contributed by atoms with van der Waals surface area (Å²) < 4.78 is 15.6. The molecule has 0 fully saturated rings. The van der Waals surface area contributed by atoms with Crippen molar-refractivity contribution in [2.24, 2.45) is 0 Å².